The molecule has 39 heavy (non-hydrogen) atoms. The maximum atomic E-state index is 14.6. The zero-order chi connectivity index (χ0) is 62.6. The first-order valence-electron chi connectivity index (χ1n) is 31.3. The molecule has 0 amide bonds. The molecule has 8 atom stereocenters. The van der Waals surface area contributed by atoms with Crippen LogP contribution in [0.5, 0.6) is 0 Å². The number of carbonyl (C=O) groups excluding carboxylic acids is 4. The minimum atomic E-state index is -1.53. The number of hydrogen-bond acceptors (Lipinski definition) is 6. The normalized spacial score (nSPS) is 52.7. The van der Waals surface area contributed by atoms with Gasteiger partial charge in [-0.05, 0) is 74.7 Å². The van der Waals surface area contributed by atoms with E-state index in [9.17, 15) is 19.2 Å². The molecular weight excluding hydrogens is 494 g/mol. The number of allylic oxidation sites excluding steroid dienone is 3. The van der Waals surface area contributed by atoms with Crippen molar-refractivity contribution in [2.24, 2.45) is 44.3 Å². The minimum absolute atomic E-state index is 0.00153. The third-order valence-electron chi connectivity index (χ3n) is 13.0. The van der Waals surface area contributed by atoms with Gasteiger partial charge in [-0.1, -0.05) is 46.3 Å². The van der Waals surface area contributed by atoms with Gasteiger partial charge in [-0.15, -0.1) is 0 Å². The number of methoxy groups -OCH3 is 1. The average molecular weight is 636 g/mol. The molecule has 2 bridgehead atoms. The summed E-state index contributed by atoms with van der Waals surface area (Å²) < 4.78 is 182. The molecule has 6 aliphatic rings. The summed E-state index contributed by atoms with van der Waals surface area (Å²) in [5.41, 5.74) is -4.73. The van der Waals surface area contributed by atoms with Crippen molar-refractivity contribution in [1.29, 1.82) is 0 Å². The van der Waals surface area contributed by atoms with E-state index in [1.807, 2.05) is 6.92 Å². The van der Waals surface area contributed by atoms with Gasteiger partial charge in [0.05, 0.1) is 19.1 Å². The average Bonchev–Trinajstić information content (AvgIpc) is 3.68. The fourth-order valence-electron chi connectivity index (χ4n) is 10.6. The largest absolute Gasteiger partial charge is 0.468 e. The summed E-state index contributed by atoms with van der Waals surface area (Å²) >= 11 is 0. The Bertz CT molecular complexity index is 1440. The van der Waals surface area contributed by atoms with Crippen molar-refractivity contribution in [3.8, 4) is 0 Å². The number of esters is 2. The Labute approximate surface area is 283 Å². The van der Waals surface area contributed by atoms with Crippen LogP contribution in [0.2, 0.25) is 0 Å². The van der Waals surface area contributed by atoms with Crippen molar-refractivity contribution in [1.82, 2.24) is 0 Å². The predicted molar refractivity (Wildman–Crippen MR) is 177 cm³/mol. The number of ether oxygens (including phenoxy) is 2. The maximum absolute atomic E-state index is 14.6. The first-order chi connectivity index (χ1) is 35.0. The Morgan fingerprint density at radius 3 is 2.36 bits per heavy atom. The molecule has 0 aromatic rings. The van der Waals surface area contributed by atoms with E-state index >= 15 is 0 Å². The van der Waals surface area contributed by atoms with Gasteiger partial charge in [-0.2, -0.15) is 0 Å². The fraction of sp³-hybridized carbons (Fsp3) is 0.719. The molecule has 0 unspecified atom stereocenters. The molecule has 7 nitrogen and oxygen atoms in total. The van der Waals surface area contributed by atoms with E-state index in [0.29, 0.717) is 25.7 Å². The van der Waals surface area contributed by atoms with E-state index in [0.717, 1.165) is 24.8 Å². The van der Waals surface area contributed by atoms with Crippen LogP contribution in [0.15, 0.2) is 23.4 Å². The summed E-state index contributed by atoms with van der Waals surface area (Å²) in [7, 11) is 1.27. The molecule has 1 spiro atoms. The Kier molecular flexibility index (Phi) is 2.49. The van der Waals surface area contributed by atoms with Gasteiger partial charge in [-0.25, -0.2) is 4.85 Å². The van der Waals surface area contributed by atoms with Crippen LogP contribution in [-0.4, -0.2) is 36.2 Å². The molecule has 1 heterocycles. The molecule has 0 N–H and O–H groups in total. The first-order valence-corrected chi connectivity index (χ1v) is 14.3. The van der Waals surface area contributed by atoms with Crippen LogP contribution < -0.4 is 0 Å². The zero-order valence-corrected chi connectivity index (χ0v) is 24.2. The second-order valence-electron chi connectivity index (χ2n) is 14.8. The predicted octanol–water partition coefficient (Wildman–Crippen LogP) is 9.57. The van der Waals surface area contributed by atoms with Gasteiger partial charge >= 0.3 is 11.9 Å². The van der Waals surface area contributed by atoms with Crippen LogP contribution in [0.4, 0.5) is 0 Å². The van der Waals surface area contributed by atoms with E-state index < -0.39 is 50.3 Å². The second-order valence-corrected chi connectivity index (χ2v) is 14.8. The van der Waals surface area contributed by atoms with E-state index in [-0.39, 0.29) is 28.8 Å². The summed E-state index contributed by atoms with van der Waals surface area (Å²) in [4.78, 5) is 58.5. The summed E-state index contributed by atoms with van der Waals surface area (Å²) in [6.07, 6.45) is 8.38. The van der Waals surface area contributed by atoms with Gasteiger partial charge < -0.3 is 14.3 Å². The smallest absolute Gasteiger partial charge is 0.318 e. The van der Waals surface area contributed by atoms with Crippen molar-refractivity contribution in [3.05, 3.63) is 34.8 Å². The van der Waals surface area contributed by atoms with E-state index in [1.165, 1.54) is 7.11 Å². The molecule has 1 saturated heterocycles. The van der Waals surface area contributed by atoms with Crippen molar-refractivity contribution in [3.63, 3.8) is 0 Å². The lowest BCUT2D eigenvalue weighted by Crippen LogP contribution is -2.71. The molecule has 0 aromatic carbocycles. The molecule has 6 rings (SSSR count). The monoisotopic (exact) mass is 636 g/mol. The maximum Gasteiger partial charge on any atom is 0.318 e. The Morgan fingerprint density at radius 2 is 1.72 bits per heavy atom. The highest BCUT2D eigenvalue weighted by Gasteiger charge is 2.82. The second kappa shape index (κ2) is 7.30. The van der Waals surface area contributed by atoms with Crippen LogP contribution >= 0.6 is 0 Å². The van der Waals surface area contributed by atoms with E-state index in [4.69, 9.17) is 66.5 Å². The number of ketones is 2. The van der Waals surface area contributed by atoms with Gasteiger partial charge in [0.1, 0.15) is 5.41 Å². The molecule has 1 aliphatic heterocycles. The number of Topliss-reactive ketones (excluding diaryl/α,β-unsaturated/α-hetero) is 1. The SMILES string of the molecule is [3H][3H].[3H][3H].[3H][3H].[3H][3H].[3H][3H].[3H][3H].[3H][3H].[3H][3H].[3H][3H].[3H][3H].[3H][3H].[3H][3H].[3H][3H].[3H][3H].[3H][3H].[3H][3H].[3H][3H].[C-]#[N+]C1=C[C@]2(C)C3=CC(=O)[C@]45OC(=O)[C@@]6(CCC(C)(C)C[C@H]64)CC[C@@]5(C)[C@]3(C)CC[C@H]2[C@](C)(C(=O)OC)C1=O. The third-order valence-corrected chi connectivity index (χ3v) is 13.0. The molecule has 0 aromatic heterocycles. The summed E-state index contributed by atoms with van der Waals surface area (Å²) in [5, 5.41) is 0. The van der Waals surface area contributed by atoms with Crippen LogP contribution in [0, 0.1) is 50.9 Å². The van der Waals surface area contributed by atoms with Crippen molar-refractivity contribution >= 4 is 23.5 Å². The fourth-order valence-corrected chi connectivity index (χ4v) is 10.6. The van der Waals surface area contributed by atoms with Gasteiger partial charge in [0, 0.05) is 67.2 Å². The summed E-state index contributed by atoms with van der Waals surface area (Å²) in [5.74, 6) is -2.21. The van der Waals surface area contributed by atoms with Gasteiger partial charge in [0.25, 0.3) is 0 Å². The number of carbonyl (C=O) groups is 4. The number of rotatable bonds is 1. The highest BCUT2D eigenvalue weighted by molar-refractivity contribution is 6.14. The van der Waals surface area contributed by atoms with Crippen molar-refractivity contribution < 1.29 is 79.1 Å². The number of nitrogens with zero attached hydrogens (tertiary/aromatic N) is 1. The minimum Gasteiger partial charge on any atom is -0.468 e. The van der Waals surface area contributed by atoms with E-state index in [2.05, 4.69) is 32.5 Å². The first kappa shape index (κ1) is 13.3. The van der Waals surface area contributed by atoms with E-state index in [1.54, 1.807) is 19.1 Å². The Morgan fingerprint density at radius 1 is 1.05 bits per heavy atom. The molecular formula is C32H73NO6. The van der Waals surface area contributed by atoms with Crippen molar-refractivity contribution in [2.45, 2.75) is 92.1 Å². The Balaban J connectivity index is -0.0000000935. The third kappa shape index (κ3) is 2.61. The lowest BCUT2D eigenvalue weighted by molar-refractivity contribution is -0.207. The molecule has 0 radical (unpaired) electrons. The van der Waals surface area contributed by atoms with Crippen LogP contribution in [0.3, 0.4) is 0 Å². The topological polar surface area (TPSA) is 91.1 Å². The highest BCUT2D eigenvalue weighted by Crippen LogP contribution is 2.78. The zero-order valence-electron chi connectivity index (χ0n) is 58.2. The Hall–Kier alpha value is -2.75. The van der Waals surface area contributed by atoms with Gasteiger partial charge in [0.2, 0.25) is 5.70 Å². The van der Waals surface area contributed by atoms with Gasteiger partial charge in [-0.3, -0.25) is 14.4 Å². The van der Waals surface area contributed by atoms with Gasteiger partial charge in [0.15, 0.2) is 17.2 Å². The standard InChI is InChI=1S/C32H39NO6.17H2/c1-26(2)11-13-31-14-12-29(5)28(4)10-9-19-27(3,16-18(33-7)23(35)30(19,6)24(36)38-8)20(28)15-22(34)32(29,21(31)17-26)39-25(31)37;;;;;;;;;;;;;;;;;/h15-16,19,21H,9-14,17H2,1-6,8H3;17*1H/t19-,21-,27+,28-,29+,30+,31+,32-;;;;;;;;;;;;;;;;;/m1................./s1/i;17*1+2T. The molecule has 7 heteroatoms. The van der Waals surface area contributed by atoms with Crippen molar-refractivity contribution in [2.75, 3.05) is 7.11 Å². The lowest BCUT2D eigenvalue weighted by atomic mass is 9.33. The summed E-state index contributed by atoms with van der Waals surface area (Å²) in [6.45, 7) is 20.1. The quantitative estimate of drug-likeness (QED) is 0.162. The molecule has 3 saturated carbocycles. The number of hydrogen-bond donors (Lipinski definition) is 0. The molecule has 4 fully saturated rings. The summed E-state index contributed by atoms with van der Waals surface area (Å²) in [6, 6.07) is 0. The van der Waals surface area contributed by atoms with Crippen LogP contribution in [0.25, 0.3) is 4.85 Å². The molecule has 5 aliphatic carbocycles. The molecule has 242 valence electrons. The number of fused-ring (bicyclic) bond motifs is 4. The van der Waals surface area contributed by atoms with Crippen LogP contribution in [-0.2, 0) is 28.7 Å². The van der Waals surface area contributed by atoms with Crippen LogP contribution in [0.1, 0.15) is 137 Å². The highest BCUT2D eigenvalue weighted by atomic mass is 16.6. The lowest BCUT2D eigenvalue weighted by Gasteiger charge is -2.68.